The van der Waals surface area contributed by atoms with Gasteiger partial charge < -0.3 is 10.6 Å². The van der Waals surface area contributed by atoms with Crippen molar-refractivity contribution in [2.75, 3.05) is 26.2 Å². The summed E-state index contributed by atoms with van der Waals surface area (Å²) in [5, 5.41) is 0. The van der Waals surface area contributed by atoms with E-state index in [1.807, 2.05) is 0 Å². The first-order chi connectivity index (χ1) is 7.88. The molecule has 2 heteroatoms. The molecule has 0 aromatic rings. The van der Waals surface area contributed by atoms with Gasteiger partial charge in [-0.1, -0.05) is 12.2 Å². The number of allylic oxidation sites excluding steroid dienone is 2. The van der Waals surface area contributed by atoms with Gasteiger partial charge in [0, 0.05) is 13.1 Å². The van der Waals surface area contributed by atoms with Gasteiger partial charge in [-0.25, -0.2) is 0 Å². The first-order valence-electron chi connectivity index (χ1n) is 6.99. The monoisotopic (exact) mass is 220 g/mol. The minimum atomic E-state index is 0.855. The average Bonchev–Trinajstić information content (AvgIpc) is 2.76. The number of hydrogen-bond acceptors (Lipinski definition) is 2. The topological polar surface area (TPSA) is 29.3 Å². The van der Waals surface area contributed by atoms with Crippen LogP contribution < -0.4 is 5.73 Å². The molecule has 0 aromatic heterocycles. The van der Waals surface area contributed by atoms with E-state index in [0.717, 1.165) is 30.2 Å². The van der Waals surface area contributed by atoms with Gasteiger partial charge >= 0.3 is 0 Å². The van der Waals surface area contributed by atoms with Crippen LogP contribution in [-0.4, -0.2) is 31.1 Å². The molecule has 4 aliphatic rings. The molecule has 4 unspecified atom stereocenters. The van der Waals surface area contributed by atoms with Gasteiger partial charge in [-0.15, -0.1) is 0 Å². The quantitative estimate of drug-likeness (QED) is 0.579. The highest BCUT2D eigenvalue weighted by atomic mass is 15.2. The summed E-state index contributed by atoms with van der Waals surface area (Å²) in [6.45, 7) is 4.86. The molecule has 2 bridgehead atoms. The lowest BCUT2D eigenvalue weighted by Gasteiger charge is -2.40. The summed E-state index contributed by atoms with van der Waals surface area (Å²) in [7, 11) is 0. The van der Waals surface area contributed by atoms with E-state index in [2.05, 4.69) is 17.1 Å². The van der Waals surface area contributed by atoms with Crippen LogP contribution in [0.5, 0.6) is 0 Å². The molecular weight excluding hydrogens is 196 g/mol. The van der Waals surface area contributed by atoms with Crippen LogP contribution in [0.2, 0.25) is 0 Å². The Labute approximate surface area is 98.9 Å². The largest absolute Gasteiger partial charge is 0.330 e. The van der Waals surface area contributed by atoms with Gasteiger partial charge in [0.15, 0.2) is 0 Å². The summed E-state index contributed by atoms with van der Waals surface area (Å²) in [5.74, 6) is 3.80. The maximum Gasteiger partial charge on any atom is 0.00188 e. The number of hydrogen-bond donors (Lipinski definition) is 1. The van der Waals surface area contributed by atoms with Crippen LogP contribution in [0.1, 0.15) is 25.7 Å². The maximum atomic E-state index is 5.56. The molecule has 2 N–H and O–H groups in total. The first-order valence-corrected chi connectivity index (χ1v) is 6.99. The Morgan fingerprint density at radius 2 is 1.62 bits per heavy atom. The average molecular weight is 220 g/mol. The lowest BCUT2D eigenvalue weighted by molar-refractivity contribution is 0.169. The van der Waals surface area contributed by atoms with Gasteiger partial charge in [-0.2, -0.15) is 0 Å². The molecule has 1 aliphatic heterocycles. The second-order valence-corrected chi connectivity index (χ2v) is 5.87. The van der Waals surface area contributed by atoms with Gasteiger partial charge in [-0.05, 0) is 62.4 Å². The Morgan fingerprint density at radius 1 is 1.00 bits per heavy atom. The van der Waals surface area contributed by atoms with Crippen LogP contribution in [0.25, 0.3) is 0 Å². The fourth-order valence-corrected chi connectivity index (χ4v) is 4.09. The Morgan fingerprint density at radius 3 is 2.12 bits per heavy atom. The van der Waals surface area contributed by atoms with Gasteiger partial charge in [0.05, 0.1) is 0 Å². The van der Waals surface area contributed by atoms with Crippen LogP contribution in [0.3, 0.4) is 0 Å². The molecular formula is C14H24N2. The van der Waals surface area contributed by atoms with E-state index >= 15 is 0 Å². The zero-order valence-corrected chi connectivity index (χ0v) is 10.1. The minimum Gasteiger partial charge on any atom is -0.330 e. The van der Waals surface area contributed by atoms with Crippen molar-refractivity contribution in [2.45, 2.75) is 25.7 Å². The molecule has 4 rings (SSSR count). The van der Waals surface area contributed by atoms with Crippen molar-refractivity contribution >= 4 is 0 Å². The molecule has 1 saturated carbocycles. The molecule has 1 heterocycles. The lowest BCUT2D eigenvalue weighted by atomic mass is 9.64. The molecule has 0 aromatic carbocycles. The summed E-state index contributed by atoms with van der Waals surface area (Å²) in [6, 6.07) is 0. The molecule has 1 saturated heterocycles. The van der Waals surface area contributed by atoms with Crippen LogP contribution in [0.15, 0.2) is 12.2 Å². The standard InChI is InChI=1S/C14H24N2/c15-7-1-2-8-16-9-13-11-3-4-12(6-5-11)14(13)10-16/h3-4,11-14H,1-2,5-10,15H2. The van der Waals surface area contributed by atoms with Crippen molar-refractivity contribution in [3.63, 3.8) is 0 Å². The first kappa shape index (κ1) is 10.8. The van der Waals surface area contributed by atoms with Gasteiger partial charge in [0.2, 0.25) is 0 Å². The number of nitrogens with zero attached hydrogens (tertiary/aromatic N) is 1. The zero-order chi connectivity index (χ0) is 11.0. The highest BCUT2D eigenvalue weighted by Gasteiger charge is 2.45. The van der Waals surface area contributed by atoms with E-state index in [1.54, 1.807) is 0 Å². The zero-order valence-electron chi connectivity index (χ0n) is 10.1. The Kier molecular flexibility index (Phi) is 3.03. The van der Waals surface area contributed by atoms with Crippen LogP contribution in [0, 0.1) is 23.7 Å². The predicted molar refractivity (Wildman–Crippen MR) is 67.1 cm³/mol. The van der Waals surface area contributed by atoms with Crippen LogP contribution >= 0.6 is 0 Å². The SMILES string of the molecule is NCCCCN1CC2C3C=CC(CC3)C2C1. The van der Waals surface area contributed by atoms with Gasteiger partial charge in [0.1, 0.15) is 0 Å². The molecule has 4 atom stereocenters. The lowest BCUT2D eigenvalue weighted by Crippen LogP contribution is -2.35. The maximum absolute atomic E-state index is 5.56. The Bertz CT molecular complexity index is 252. The van der Waals surface area contributed by atoms with E-state index < -0.39 is 0 Å². The molecule has 2 nitrogen and oxygen atoms in total. The van der Waals surface area contributed by atoms with E-state index in [9.17, 15) is 0 Å². The second-order valence-electron chi connectivity index (χ2n) is 5.87. The summed E-state index contributed by atoms with van der Waals surface area (Å²) in [5.41, 5.74) is 5.56. The number of rotatable bonds is 4. The second kappa shape index (κ2) is 4.50. The third kappa shape index (κ3) is 1.82. The Hall–Kier alpha value is -0.340. The number of likely N-dealkylation sites (tertiary alicyclic amines) is 1. The third-order valence-electron chi connectivity index (χ3n) is 4.96. The number of fused-ring (bicyclic) bond motifs is 1. The predicted octanol–water partition coefficient (Wildman–Crippen LogP) is 1.87. The molecule has 0 amide bonds. The summed E-state index contributed by atoms with van der Waals surface area (Å²) < 4.78 is 0. The highest BCUT2D eigenvalue weighted by molar-refractivity contribution is 5.12. The summed E-state index contributed by atoms with van der Waals surface area (Å²) in [6.07, 6.45) is 10.4. The summed E-state index contributed by atoms with van der Waals surface area (Å²) in [4.78, 5) is 2.70. The van der Waals surface area contributed by atoms with Crippen molar-refractivity contribution in [1.82, 2.24) is 4.90 Å². The molecule has 0 radical (unpaired) electrons. The molecule has 0 spiro atoms. The molecule has 16 heavy (non-hydrogen) atoms. The van der Waals surface area contributed by atoms with Crippen molar-refractivity contribution in [1.29, 1.82) is 0 Å². The summed E-state index contributed by atoms with van der Waals surface area (Å²) >= 11 is 0. The molecule has 90 valence electrons. The van der Waals surface area contributed by atoms with Crippen molar-refractivity contribution in [3.8, 4) is 0 Å². The normalized spacial score (nSPS) is 41.6. The highest BCUT2D eigenvalue weighted by Crippen LogP contribution is 2.48. The molecule has 3 aliphatic carbocycles. The van der Waals surface area contributed by atoms with Crippen LogP contribution in [-0.2, 0) is 0 Å². The number of unbranched alkanes of at least 4 members (excludes halogenated alkanes) is 1. The van der Waals surface area contributed by atoms with Gasteiger partial charge in [0.25, 0.3) is 0 Å². The molecule has 2 fully saturated rings. The van der Waals surface area contributed by atoms with Crippen molar-refractivity contribution in [3.05, 3.63) is 12.2 Å². The third-order valence-corrected chi connectivity index (χ3v) is 4.96. The Balaban J connectivity index is 1.57. The van der Waals surface area contributed by atoms with Crippen LogP contribution in [0.4, 0.5) is 0 Å². The van der Waals surface area contributed by atoms with E-state index in [-0.39, 0.29) is 0 Å². The van der Waals surface area contributed by atoms with Crippen molar-refractivity contribution < 1.29 is 0 Å². The smallest absolute Gasteiger partial charge is 0.00188 e. The van der Waals surface area contributed by atoms with E-state index in [1.165, 1.54) is 45.3 Å². The van der Waals surface area contributed by atoms with E-state index in [0.29, 0.717) is 0 Å². The fourth-order valence-electron chi connectivity index (χ4n) is 4.09. The fraction of sp³-hybridized carbons (Fsp3) is 0.857. The minimum absolute atomic E-state index is 0.855. The number of nitrogens with two attached hydrogens (primary N) is 1. The van der Waals surface area contributed by atoms with Crippen molar-refractivity contribution in [2.24, 2.45) is 29.4 Å². The van der Waals surface area contributed by atoms with Gasteiger partial charge in [-0.3, -0.25) is 0 Å². The van der Waals surface area contributed by atoms with E-state index in [4.69, 9.17) is 5.73 Å².